The summed E-state index contributed by atoms with van der Waals surface area (Å²) in [5, 5.41) is 9.98. The summed E-state index contributed by atoms with van der Waals surface area (Å²) >= 11 is 8.24. The molecule has 0 aliphatic carbocycles. The molecule has 0 saturated carbocycles. The zero-order chi connectivity index (χ0) is 17.1. The molecule has 1 heterocycles. The number of allylic oxidation sites excluding steroid dienone is 2. The lowest BCUT2D eigenvalue weighted by Crippen LogP contribution is -2.25. The number of nitrogens with zero attached hydrogens (tertiary/aromatic N) is 1. The fourth-order valence-corrected chi connectivity index (χ4v) is 3.55. The molecule has 0 spiro atoms. The Balaban J connectivity index is 2.66. The standard InChI is InChI=1S/C16H14ClIN2O3/c1-3-22-16(21)13-8(2)23-15(20)12(7-19)14(13)9-4-10(17)6-11(18)5-9/h4-6,14H,3,20H2,1-2H3. The lowest BCUT2D eigenvalue weighted by atomic mass is 9.83. The van der Waals surface area contributed by atoms with Crippen LogP contribution in [0.15, 0.2) is 41.0 Å². The van der Waals surface area contributed by atoms with Crippen LogP contribution in [0.2, 0.25) is 5.02 Å². The summed E-state index contributed by atoms with van der Waals surface area (Å²) in [5.41, 5.74) is 6.94. The van der Waals surface area contributed by atoms with Crippen molar-refractivity contribution in [2.75, 3.05) is 6.61 Å². The lowest BCUT2D eigenvalue weighted by molar-refractivity contribution is -0.139. The first-order valence-corrected chi connectivity index (χ1v) is 8.26. The predicted molar refractivity (Wildman–Crippen MR) is 94.2 cm³/mol. The fourth-order valence-electron chi connectivity index (χ4n) is 2.43. The number of carbonyl (C=O) groups excluding carboxylic acids is 1. The summed E-state index contributed by atoms with van der Waals surface area (Å²) in [5.74, 6) is -0.900. The van der Waals surface area contributed by atoms with E-state index < -0.39 is 11.9 Å². The van der Waals surface area contributed by atoms with Gasteiger partial charge in [0, 0.05) is 8.59 Å². The predicted octanol–water partition coefficient (Wildman–Crippen LogP) is 3.59. The topological polar surface area (TPSA) is 85.3 Å². The van der Waals surface area contributed by atoms with E-state index in [1.807, 2.05) is 12.1 Å². The number of hydrogen-bond donors (Lipinski definition) is 1. The maximum absolute atomic E-state index is 12.4. The molecular formula is C16H14ClIN2O3. The highest BCUT2D eigenvalue weighted by Crippen LogP contribution is 2.40. The lowest BCUT2D eigenvalue weighted by Gasteiger charge is -2.27. The van der Waals surface area contributed by atoms with Crippen LogP contribution in [0.5, 0.6) is 0 Å². The van der Waals surface area contributed by atoms with E-state index in [1.165, 1.54) is 0 Å². The summed E-state index contributed by atoms with van der Waals surface area (Å²) in [7, 11) is 0. The van der Waals surface area contributed by atoms with Gasteiger partial charge in [-0.15, -0.1) is 0 Å². The molecule has 1 aromatic carbocycles. The zero-order valence-electron chi connectivity index (χ0n) is 12.5. The van der Waals surface area contributed by atoms with Gasteiger partial charge in [-0.25, -0.2) is 4.79 Å². The van der Waals surface area contributed by atoms with Gasteiger partial charge in [0.25, 0.3) is 0 Å². The van der Waals surface area contributed by atoms with E-state index in [2.05, 4.69) is 22.6 Å². The third kappa shape index (κ3) is 3.62. The highest BCUT2D eigenvalue weighted by atomic mass is 127. The Kier molecular flexibility index (Phi) is 5.55. The van der Waals surface area contributed by atoms with Crippen LogP contribution in [0, 0.1) is 14.9 Å². The van der Waals surface area contributed by atoms with Crippen molar-refractivity contribution in [1.82, 2.24) is 0 Å². The summed E-state index contributed by atoms with van der Waals surface area (Å²) in [6.45, 7) is 3.55. The van der Waals surface area contributed by atoms with Crippen molar-refractivity contribution in [2.24, 2.45) is 5.73 Å². The molecule has 0 bridgehead atoms. The van der Waals surface area contributed by atoms with Crippen molar-refractivity contribution in [1.29, 1.82) is 5.26 Å². The van der Waals surface area contributed by atoms with Gasteiger partial charge in [-0.3, -0.25) is 0 Å². The smallest absolute Gasteiger partial charge is 0.338 e. The molecule has 0 saturated heterocycles. The Hall–Kier alpha value is -1.72. The SMILES string of the molecule is CCOC(=O)C1=C(C)OC(N)=C(C#N)C1c1cc(Cl)cc(I)c1. The maximum Gasteiger partial charge on any atom is 0.338 e. The largest absolute Gasteiger partial charge is 0.463 e. The van der Waals surface area contributed by atoms with Crippen LogP contribution < -0.4 is 5.73 Å². The minimum Gasteiger partial charge on any atom is -0.463 e. The molecule has 1 aliphatic rings. The number of benzene rings is 1. The zero-order valence-corrected chi connectivity index (χ0v) is 15.4. The highest BCUT2D eigenvalue weighted by molar-refractivity contribution is 14.1. The molecule has 1 unspecified atom stereocenters. The van der Waals surface area contributed by atoms with Crippen molar-refractivity contribution >= 4 is 40.2 Å². The normalized spacial score (nSPS) is 17.6. The molecule has 1 atom stereocenters. The molecule has 1 aliphatic heterocycles. The first kappa shape index (κ1) is 17.6. The van der Waals surface area contributed by atoms with Crippen molar-refractivity contribution in [2.45, 2.75) is 19.8 Å². The van der Waals surface area contributed by atoms with Crippen LogP contribution >= 0.6 is 34.2 Å². The number of ether oxygens (including phenoxy) is 2. The molecule has 5 nitrogen and oxygen atoms in total. The van der Waals surface area contributed by atoms with Crippen LogP contribution in [-0.4, -0.2) is 12.6 Å². The summed E-state index contributed by atoms with van der Waals surface area (Å²) in [6.07, 6.45) is 0. The average Bonchev–Trinajstić information content (AvgIpc) is 2.45. The van der Waals surface area contributed by atoms with E-state index in [1.54, 1.807) is 26.0 Å². The van der Waals surface area contributed by atoms with E-state index in [0.717, 1.165) is 3.57 Å². The van der Waals surface area contributed by atoms with Crippen LogP contribution in [0.1, 0.15) is 25.3 Å². The third-order valence-electron chi connectivity index (χ3n) is 3.32. The molecule has 0 radical (unpaired) electrons. The van der Waals surface area contributed by atoms with Gasteiger partial charge >= 0.3 is 5.97 Å². The Morgan fingerprint density at radius 3 is 2.78 bits per heavy atom. The van der Waals surface area contributed by atoms with Crippen LogP contribution in [0.4, 0.5) is 0 Å². The molecule has 120 valence electrons. The Labute approximate surface area is 152 Å². The minimum atomic E-state index is -0.667. The highest BCUT2D eigenvalue weighted by Gasteiger charge is 2.36. The van der Waals surface area contributed by atoms with Crippen molar-refractivity contribution in [3.8, 4) is 6.07 Å². The van der Waals surface area contributed by atoms with E-state index in [0.29, 0.717) is 16.3 Å². The first-order valence-electron chi connectivity index (χ1n) is 6.80. The number of halogens is 2. The molecule has 0 aromatic heterocycles. The summed E-state index contributed by atoms with van der Waals surface area (Å²) < 4.78 is 11.4. The van der Waals surface area contributed by atoms with E-state index >= 15 is 0 Å². The van der Waals surface area contributed by atoms with Crippen molar-refractivity contribution in [3.63, 3.8) is 0 Å². The second-order valence-electron chi connectivity index (χ2n) is 4.82. The third-order valence-corrected chi connectivity index (χ3v) is 4.16. The second kappa shape index (κ2) is 7.23. The molecule has 2 rings (SSSR count). The number of esters is 1. The minimum absolute atomic E-state index is 0.0157. The van der Waals surface area contributed by atoms with Crippen LogP contribution in [0.3, 0.4) is 0 Å². The van der Waals surface area contributed by atoms with Crippen LogP contribution in [-0.2, 0) is 14.3 Å². The Bertz CT molecular complexity index is 745. The number of nitrogens with two attached hydrogens (primary N) is 1. The van der Waals surface area contributed by atoms with Gasteiger partial charge in [0.1, 0.15) is 17.4 Å². The monoisotopic (exact) mass is 444 g/mol. The number of hydrogen-bond acceptors (Lipinski definition) is 5. The van der Waals surface area contributed by atoms with E-state index in [9.17, 15) is 10.1 Å². The quantitative estimate of drug-likeness (QED) is 0.569. The number of nitriles is 1. The molecule has 0 amide bonds. The average molecular weight is 445 g/mol. The van der Waals surface area contributed by atoms with E-state index in [-0.39, 0.29) is 23.6 Å². The molecule has 7 heteroatoms. The Morgan fingerprint density at radius 1 is 1.52 bits per heavy atom. The molecule has 2 N–H and O–H groups in total. The second-order valence-corrected chi connectivity index (χ2v) is 6.50. The van der Waals surface area contributed by atoms with E-state index in [4.69, 9.17) is 26.8 Å². The van der Waals surface area contributed by atoms with Gasteiger partial charge in [-0.2, -0.15) is 5.26 Å². The Morgan fingerprint density at radius 2 is 2.22 bits per heavy atom. The summed E-state index contributed by atoms with van der Waals surface area (Å²) in [6, 6.07) is 7.37. The molecular weight excluding hydrogens is 431 g/mol. The number of carbonyl (C=O) groups is 1. The first-order chi connectivity index (χ1) is 10.9. The van der Waals surface area contributed by atoms with Gasteiger partial charge < -0.3 is 15.2 Å². The van der Waals surface area contributed by atoms with Crippen molar-refractivity contribution < 1.29 is 14.3 Å². The molecule has 1 aromatic rings. The van der Waals surface area contributed by atoms with Gasteiger partial charge in [0.05, 0.1) is 18.1 Å². The number of rotatable bonds is 3. The summed E-state index contributed by atoms with van der Waals surface area (Å²) in [4.78, 5) is 12.4. The molecule has 23 heavy (non-hydrogen) atoms. The van der Waals surface area contributed by atoms with Gasteiger partial charge in [0.2, 0.25) is 5.88 Å². The molecule has 0 fully saturated rings. The van der Waals surface area contributed by atoms with Crippen molar-refractivity contribution in [3.05, 3.63) is 55.1 Å². The van der Waals surface area contributed by atoms with Gasteiger partial charge in [0.15, 0.2) is 0 Å². The van der Waals surface area contributed by atoms with Crippen LogP contribution in [0.25, 0.3) is 0 Å². The fraction of sp³-hybridized carbons (Fsp3) is 0.250. The van der Waals surface area contributed by atoms with Gasteiger partial charge in [-0.1, -0.05) is 11.6 Å². The maximum atomic E-state index is 12.4. The van der Waals surface area contributed by atoms with Gasteiger partial charge in [-0.05, 0) is 60.2 Å².